The fourth-order valence-electron chi connectivity index (χ4n) is 9.59. The molecule has 3 unspecified atom stereocenters. The van der Waals surface area contributed by atoms with Crippen molar-refractivity contribution in [3.8, 4) is 0 Å². The molecule has 4 aliphatic rings. The Hall–Kier alpha value is -5.70. The predicted octanol–water partition coefficient (Wildman–Crippen LogP) is -1.33. The Bertz CT molecular complexity index is 3850. The van der Waals surface area contributed by atoms with Gasteiger partial charge >= 0.3 is 42.7 Å². The molecule has 10 heterocycles. The Labute approximate surface area is 462 Å². The van der Waals surface area contributed by atoms with E-state index in [0.29, 0.717) is 0 Å². The van der Waals surface area contributed by atoms with Crippen molar-refractivity contribution < 1.29 is 98.4 Å². The van der Waals surface area contributed by atoms with E-state index in [1.807, 2.05) is 0 Å². The van der Waals surface area contributed by atoms with E-state index in [9.17, 15) is 67.0 Å². The van der Waals surface area contributed by atoms with Crippen LogP contribution in [-0.4, -0.2) is 163 Å². The molecule has 4 saturated heterocycles. The van der Waals surface area contributed by atoms with Crippen molar-refractivity contribution >= 4 is 65.3 Å². The summed E-state index contributed by atoms with van der Waals surface area (Å²) in [6.07, 6.45) is -11.3. The van der Waals surface area contributed by atoms with E-state index in [1.165, 1.54) is 42.0 Å². The van der Waals surface area contributed by atoms with Gasteiger partial charge in [-0.25, -0.2) is 57.8 Å². The number of imidazole rings is 2. The van der Waals surface area contributed by atoms with Gasteiger partial charge in [0.1, 0.15) is 97.4 Å². The molecule has 10 rings (SSSR count). The number of aromatic amines is 2. The van der Waals surface area contributed by atoms with Crippen LogP contribution >= 0.6 is 31.3 Å². The Morgan fingerprint density at radius 3 is 1.23 bits per heavy atom. The molecule has 0 aliphatic carbocycles. The number of nitrogen functional groups attached to an aromatic ring is 2. The van der Waals surface area contributed by atoms with Crippen molar-refractivity contribution in [3.05, 3.63) is 90.5 Å². The molecule has 0 saturated carbocycles. The van der Waals surface area contributed by atoms with Gasteiger partial charge in [-0.15, -0.1) is 0 Å². The normalized spacial score (nSPS) is 28.9. The summed E-state index contributed by atoms with van der Waals surface area (Å²) in [6, 6.07) is 0. The standard InChI is InChI=1S/C40H52N14O25P4/c1-17-7-51(39(58)49-37(17)56)27-4-20(76-80(60,61)62)24(73-27)10-69-82(65,66)79-22-6-30(54-16-48-32-34(42)44-14-46-36(32)54)75-26(22)12-71-83(67,68)78-21-5-28(52-8-18(2)38(57)50-40(52)59)74-25(21)11-70-81(63,64)77-19-3-29(72-23(19)9-55)53-15-47-31-33(41)43-13-45-35(31)53/h7-8,13-16,19-30,55H,3-6,9-12H2,1-2H3,(H,63,64)(H,65,66)(H,67,68)(H2,41,43,45)(H2,42,44,46)(H,49,56,58)(H,50,57,59)(H2,60,61,62)/t19-,20-,21-,22-,23+,24+,25+,26+,27+,28+,29+,30+/m0/s1. The van der Waals surface area contributed by atoms with E-state index in [2.05, 4.69) is 39.9 Å². The number of nitrogens with two attached hydrogens (primary N) is 2. The largest absolute Gasteiger partial charge is 0.472 e. The third-order valence-electron chi connectivity index (χ3n) is 13.5. The molecule has 0 amide bonds. The lowest BCUT2D eigenvalue weighted by molar-refractivity contribution is -0.0629. The van der Waals surface area contributed by atoms with Gasteiger partial charge in [-0.05, 0) is 13.8 Å². The van der Waals surface area contributed by atoms with Crippen LogP contribution in [0.4, 0.5) is 11.6 Å². The van der Waals surface area contributed by atoms with E-state index in [1.54, 1.807) is 0 Å². The summed E-state index contributed by atoms with van der Waals surface area (Å²) < 4.78 is 119. The number of aliphatic hydroxyl groups is 1. The topological polar surface area (TPSA) is 540 Å². The van der Waals surface area contributed by atoms with Crippen LogP contribution in [0, 0.1) is 13.8 Å². The highest BCUT2D eigenvalue weighted by molar-refractivity contribution is 7.48. The van der Waals surface area contributed by atoms with Crippen LogP contribution in [0.2, 0.25) is 0 Å². The SMILES string of the molecule is Cc1cn([C@H]2C[C@H](OP(=O)(O)O)[C@@H](COP(=O)(O)O[C@H]3C[C@H](n4cnc5c(N)ncnc54)O[C@@H]3COP(=O)(O)O[C@H]3C[C@H](n4cc(C)c(=O)[nH]c4=O)O[C@@H]3COP(=O)(O)O[C@H]3C[C@H](n4cnc5c(N)ncnc54)O[C@@H]3CO)O2)c(=O)[nH]c1=O. The second-order valence-electron chi connectivity index (χ2n) is 19.1. The lowest BCUT2D eigenvalue weighted by Gasteiger charge is -2.25. The van der Waals surface area contributed by atoms with Gasteiger partial charge in [0.25, 0.3) is 11.1 Å². The van der Waals surface area contributed by atoms with Gasteiger partial charge in [0, 0.05) is 49.2 Å². The van der Waals surface area contributed by atoms with E-state index >= 15 is 0 Å². The first kappa shape index (κ1) is 60.4. The maximum atomic E-state index is 14.0. The number of anilines is 2. The lowest BCUT2D eigenvalue weighted by atomic mass is 10.2. The van der Waals surface area contributed by atoms with Gasteiger partial charge in [0.2, 0.25) is 0 Å². The number of hydrogen-bond donors (Lipinski definition) is 10. The fraction of sp³-hybridized carbons (Fsp3) is 0.550. The first-order valence-electron chi connectivity index (χ1n) is 24.6. The number of rotatable bonds is 22. The van der Waals surface area contributed by atoms with Gasteiger partial charge in [-0.3, -0.25) is 69.5 Å². The van der Waals surface area contributed by atoms with Crippen molar-refractivity contribution in [1.29, 1.82) is 0 Å². The smallest absolute Gasteiger partial charge is 0.394 e. The van der Waals surface area contributed by atoms with Crippen molar-refractivity contribution in [2.24, 2.45) is 0 Å². The van der Waals surface area contributed by atoms with E-state index < -0.39 is 167 Å². The summed E-state index contributed by atoms with van der Waals surface area (Å²) in [6.45, 7) is -0.844. The monoisotopic (exact) mass is 1250 g/mol. The minimum atomic E-state index is -5.43. The molecule has 6 aromatic heterocycles. The number of aromatic nitrogens is 12. The minimum absolute atomic E-state index is 0.0315. The van der Waals surface area contributed by atoms with Gasteiger partial charge in [-0.1, -0.05) is 0 Å². The maximum absolute atomic E-state index is 14.0. The molecule has 12 N–H and O–H groups in total. The molecule has 6 aromatic rings. The van der Waals surface area contributed by atoms with Gasteiger partial charge < -0.3 is 60.0 Å². The van der Waals surface area contributed by atoms with Crippen LogP contribution in [-0.2, 0) is 68.9 Å². The highest BCUT2D eigenvalue weighted by atomic mass is 31.2. The molecular formula is C40H52N14O25P4. The van der Waals surface area contributed by atoms with E-state index in [-0.39, 0.29) is 57.9 Å². The van der Waals surface area contributed by atoms with Gasteiger partial charge in [0.15, 0.2) is 22.9 Å². The third kappa shape index (κ3) is 13.6. The van der Waals surface area contributed by atoms with Crippen LogP contribution < -0.4 is 34.0 Å². The molecule has 0 bridgehead atoms. The van der Waals surface area contributed by atoms with Gasteiger partial charge in [0.05, 0.1) is 39.1 Å². The van der Waals surface area contributed by atoms with Crippen molar-refractivity contribution in [2.75, 3.05) is 37.9 Å². The lowest BCUT2D eigenvalue weighted by Crippen LogP contribution is -2.33. The molecule has 0 radical (unpaired) electrons. The molecule has 0 spiro atoms. The van der Waals surface area contributed by atoms with E-state index in [4.69, 9.17) is 62.1 Å². The number of nitrogens with zero attached hydrogens (tertiary/aromatic N) is 10. The van der Waals surface area contributed by atoms with Crippen molar-refractivity contribution in [1.82, 2.24) is 58.1 Å². The highest BCUT2D eigenvalue weighted by Gasteiger charge is 2.49. The van der Waals surface area contributed by atoms with Crippen molar-refractivity contribution in [3.63, 3.8) is 0 Å². The average molecular weight is 1250 g/mol. The zero-order valence-electron chi connectivity index (χ0n) is 42.9. The maximum Gasteiger partial charge on any atom is 0.472 e. The zero-order valence-corrected chi connectivity index (χ0v) is 46.5. The zero-order chi connectivity index (χ0) is 59.5. The molecule has 452 valence electrons. The van der Waals surface area contributed by atoms with Crippen LogP contribution in [0.5, 0.6) is 0 Å². The predicted molar refractivity (Wildman–Crippen MR) is 272 cm³/mol. The number of ether oxygens (including phenoxy) is 4. The first-order chi connectivity index (χ1) is 39.1. The molecule has 43 heteroatoms. The molecule has 15 atom stereocenters. The fourth-order valence-corrected chi connectivity index (χ4v) is 13.0. The first-order valence-corrected chi connectivity index (χ1v) is 30.6. The number of phosphoric acid groups is 4. The Morgan fingerprint density at radius 2 is 0.867 bits per heavy atom. The number of hydrogen-bond acceptors (Lipinski definition) is 28. The number of nitrogens with one attached hydrogen (secondary N) is 2. The van der Waals surface area contributed by atoms with Crippen LogP contribution in [0.15, 0.2) is 56.9 Å². The van der Waals surface area contributed by atoms with Gasteiger partial charge in [-0.2, -0.15) is 0 Å². The van der Waals surface area contributed by atoms with Crippen LogP contribution in [0.1, 0.15) is 61.7 Å². The average Bonchev–Trinajstić information content (AvgIpc) is 4.47. The molecule has 4 fully saturated rings. The Morgan fingerprint density at radius 1 is 0.530 bits per heavy atom. The summed E-state index contributed by atoms with van der Waals surface area (Å²) in [5, 5.41) is 10.1. The van der Waals surface area contributed by atoms with Crippen LogP contribution in [0.25, 0.3) is 22.3 Å². The number of H-pyrrole nitrogens is 2. The number of aryl methyl sites for hydroxylation is 2. The molecule has 39 nitrogen and oxygen atoms in total. The summed E-state index contributed by atoms with van der Waals surface area (Å²) in [4.78, 5) is 131. The summed E-state index contributed by atoms with van der Waals surface area (Å²) in [5.41, 5.74) is 9.33. The van der Waals surface area contributed by atoms with Crippen molar-refractivity contribution in [2.45, 2.75) is 113 Å². The quantitative estimate of drug-likeness (QED) is 0.0352. The minimum Gasteiger partial charge on any atom is -0.394 e. The molecule has 4 aliphatic heterocycles. The summed E-state index contributed by atoms with van der Waals surface area (Å²) >= 11 is 0. The summed E-state index contributed by atoms with van der Waals surface area (Å²) in [5.74, 6) is 0.0371. The van der Waals surface area contributed by atoms with Crippen LogP contribution in [0.3, 0.4) is 0 Å². The molecule has 83 heavy (non-hydrogen) atoms. The molecular weight excluding hydrogens is 1200 g/mol. The second-order valence-corrected chi connectivity index (χ2v) is 24.5. The molecule has 0 aromatic carbocycles. The summed E-state index contributed by atoms with van der Waals surface area (Å²) in [7, 11) is -21.3. The highest BCUT2D eigenvalue weighted by Crippen LogP contribution is 2.54. The Balaban J connectivity index is 0.842. The number of phosphoric ester groups is 4. The number of fused-ring (bicyclic) bond motifs is 2. The van der Waals surface area contributed by atoms with E-state index in [0.717, 1.165) is 27.9 Å². The third-order valence-corrected chi connectivity index (χ3v) is 17.1. The second kappa shape index (κ2) is 23.6. The number of aliphatic hydroxyl groups excluding tert-OH is 1. The Kier molecular flexibility index (Phi) is 17.2.